The van der Waals surface area contributed by atoms with Gasteiger partial charge < -0.3 is 15.4 Å². The number of hydrogen-bond acceptors (Lipinski definition) is 5. The summed E-state index contributed by atoms with van der Waals surface area (Å²) in [5.74, 6) is 0.420. The molecule has 1 heterocycles. The first kappa shape index (κ1) is 21.4. The molecule has 0 bridgehead atoms. The van der Waals surface area contributed by atoms with E-state index < -0.39 is 10.0 Å². The minimum absolute atomic E-state index is 0.0804. The monoisotopic (exact) mass is 437 g/mol. The zero-order valence-corrected chi connectivity index (χ0v) is 17.9. The minimum Gasteiger partial charge on any atom is -0.495 e. The Kier molecular flexibility index (Phi) is 6.66. The Bertz CT molecular complexity index is 1010. The summed E-state index contributed by atoms with van der Waals surface area (Å²) in [6.45, 7) is 2.53. The zero-order valence-electron chi connectivity index (χ0n) is 16.4. The quantitative estimate of drug-likeness (QED) is 0.694. The first-order valence-electron chi connectivity index (χ1n) is 9.30. The van der Waals surface area contributed by atoms with E-state index in [9.17, 15) is 13.2 Å². The van der Waals surface area contributed by atoms with Gasteiger partial charge in [0.1, 0.15) is 5.75 Å². The number of carbonyl (C=O) groups excluding carboxylic acids is 1. The Labute approximate surface area is 176 Å². The molecule has 0 fully saturated rings. The number of carbonyl (C=O) groups is 1. The summed E-state index contributed by atoms with van der Waals surface area (Å²) in [6.07, 6.45) is 0.605. The first-order valence-corrected chi connectivity index (χ1v) is 11.3. The lowest BCUT2D eigenvalue weighted by atomic mass is 9.99. The van der Waals surface area contributed by atoms with Crippen molar-refractivity contribution in [2.45, 2.75) is 19.9 Å². The maximum absolute atomic E-state index is 12.3. The van der Waals surface area contributed by atoms with Gasteiger partial charge in [0.2, 0.25) is 15.9 Å². The number of benzene rings is 2. The van der Waals surface area contributed by atoms with Gasteiger partial charge >= 0.3 is 0 Å². The molecule has 2 aromatic carbocycles. The van der Waals surface area contributed by atoms with E-state index in [4.69, 9.17) is 16.3 Å². The van der Waals surface area contributed by atoms with Crippen molar-refractivity contribution in [1.82, 2.24) is 4.31 Å². The second kappa shape index (κ2) is 9.02. The van der Waals surface area contributed by atoms with Crippen LogP contribution in [-0.2, 0) is 27.8 Å². The Balaban J connectivity index is 1.64. The third-order valence-corrected chi connectivity index (χ3v) is 6.99. The number of ether oxygens (including phenoxy) is 1. The summed E-state index contributed by atoms with van der Waals surface area (Å²) in [4.78, 5) is 12.3. The zero-order chi connectivity index (χ0) is 21.0. The van der Waals surface area contributed by atoms with Crippen molar-refractivity contribution in [3.8, 4) is 5.75 Å². The highest BCUT2D eigenvalue weighted by Crippen LogP contribution is 2.28. The standard InChI is InChI=1S/C20H24ClN3O4S/c1-3-29(26,27)24-10-9-16-14(13-24)5-4-6-18(16)22-12-20(25)23-15-7-8-19(28-2)17(21)11-15/h4-8,11,22H,3,9-10,12-13H2,1-2H3,(H,23,25). The van der Waals surface area contributed by atoms with Crippen LogP contribution in [0.25, 0.3) is 0 Å². The molecule has 0 saturated heterocycles. The van der Waals surface area contributed by atoms with Crippen LogP contribution in [0, 0.1) is 0 Å². The molecule has 0 aliphatic carbocycles. The molecule has 1 aliphatic rings. The van der Waals surface area contributed by atoms with Gasteiger partial charge in [-0.15, -0.1) is 0 Å². The first-order chi connectivity index (χ1) is 13.8. The van der Waals surface area contributed by atoms with E-state index in [1.807, 2.05) is 18.2 Å². The summed E-state index contributed by atoms with van der Waals surface area (Å²) in [7, 11) is -1.69. The van der Waals surface area contributed by atoms with E-state index in [1.54, 1.807) is 25.1 Å². The molecule has 2 aromatic rings. The topological polar surface area (TPSA) is 87.7 Å². The van der Waals surface area contributed by atoms with Crippen LogP contribution in [0.15, 0.2) is 36.4 Å². The molecule has 156 valence electrons. The van der Waals surface area contributed by atoms with E-state index in [1.165, 1.54) is 11.4 Å². The molecule has 1 aliphatic heterocycles. The van der Waals surface area contributed by atoms with Gasteiger partial charge in [0.15, 0.2) is 0 Å². The van der Waals surface area contributed by atoms with Gasteiger partial charge in [0.25, 0.3) is 0 Å². The molecule has 29 heavy (non-hydrogen) atoms. The van der Waals surface area contributed by atoms with Gasteiger partial charge in [-0.1, -0.05) is 23.7 Å². The van der Waals surface area contributed by atoms with E-state index in [2.05, 4.69) is 10.6 Å². The average Bonchev–Trinajstić information content (AvgIpc) is 2.72. The fourth-order valence-electron chi connectivity index (χ4n) is 3.29. The number of anilines is 2. The molecule has 3 rings (SSSR count). The lowest BCUT2D eigenvalue weighted by Gasteiger charge is -2.29. The number of methoxy groups -OCH3 is 1. The predicted octanol–water partition coefficient (Wildman–Crippen LogP) is 3.11. The lowest BCUT2D eigenvalue weighted by molar-refractivity contribution is -0.114. The summed E-state index contributed by atoms with van der Waals surface area (Å²) in [5, 5.41) is 6.37. The number of sulfonamides is 1. The third kappa shape index (κ3) is 5.01. The molecular formula is C20H24ClN3O4S. The lowest BCUT2D eigenvalue weighted by Crippen LogP contribution is -2.37. The summed E-state index contributed by atoms with van der Waals surface area (Å²) in [5.41, 5.74) is 3.44. The van der Waals surface area contributed by atoms with E-state index in [-0.39, 0.29) is 18.2 Å². The highest BCUT2D eigenvalue weighted by Gasteiger charge is 2.26. The molecule has 9 heteroatoms. The molecule has 7 nitrogen and oxygen atoms in total. The van der Waals surface area contributed by atoms with Crippen LogP contribution in [0.3, 0.4) is 0 Å². The highest BCUT2D eigenvalue weighted by molar-refractivity contribution is 7.89. The Morgan fingerprint density at radius 2 is 2.07 bits per heavy atom. The number of nitrogens with zero attached hydrogens (tertiary/aromatic N) is 1. The number of halogens is 1. The van der Waals surface area contributed by atoms with E-state index >= 15 is 0 Å². The van der Waals surface area contributed by atoms with Gasteiger partial charge in [0, 0.05) is 24.5 Å². The van der Waals surface area contributed by atoms with Crippen LogP contribution < -0.4 is 15.4 Å². The maximum atomic E-state index is 12.3. The molecule has 1 amide bonds. The van der Waals surface area contributed by atoms with Crippen molar-refractivity contribution in [3.05, 3.63) is 52.5 Å². The van der Waals surface area contributed by atoms with Gasteiger partial charge in [-0.2, -0.15) is 4.31 Å². The molecule has 0 radical (unpaired) electrons. The molecule has 0 unspecified atom stereocenters. The van der Waals surface area contributed by atoms with Crippen LogP contribution >= 0.6 is 11.6 Å². The molecule has 0 aromatic heterocycles. The maximum Gasteiger partial charge on any atom is 0.243 e. The fraction of sp³-hybridized carbons (Fsp3) is 0.350. The molecule has 2 N–H and O–H groups in total. The van der Waals surface area contributed by atoms with Crippen molar-refractivity contribution in [1.29, 1.82) is 0 Å². The van der Waals surface area contributed by atoms with E-state index in [0.29, 0.717) is 36.0 Å². The van der Waals surface area contributed by atoms with Crippen molar-refractivity contribution in [2.24, 2.45) is 0 Å². The number of rotatable bonds is 7. The van der Waals surface area contributed by atoms with Crippen molar-refractivity contribution < 1.29 is 17.9 Å². The van der Waals surface area contributed by atoms with Gasteiger partial charge in [-0.05, 0) is 48.7 Å². The summed E-state index contributed by atoms with van der Waals surface area (Å²) < 4.78 is 30.9. The van der Waals surface area contributed by atoms with Crippen molar-refractivity contribution >= 4 is 38.9 Å². The van der Waals surface area contributed by atoms with Crippen LogP contribution in [0.2, 0.25) is 5.02 Å². The normalized spacial score (nSPS) is 14.2. The number of amides is 1. The molecular weight excluding hydrogens is 414 g/mol. The number of hydrogen-bond donors (Lipinski definition) is 2. The molecule has 0 spiro atoms. The van der Waals surface area contributed by atoms with Gasteiger partial charge in [-0.25, -0.2) is 8.42 Å². The van der Waals surface area contributed by atoms with Crippen molar-refractivity contribution in [3.63, 3.8) is 0 Å². The van der Waals surface area contributed by atoms with Crippen LogP contribution in [0.4, 0.5) is 11.4 Å². The van der Waals surface area contributed by atoms with Crippen molar-refractivity contribution in [2.75, 3.05) is 36.6 Å². The predicted molar refractivity (Wildman–Crippen MR) is 115 cm³/mol. The fourth-order valence-corrected chi connectivity index (χ4v) is 4.62. The smallest absolute Gasteiger partial charge is 0.243 e. The second-order valence-corrected chi connectivity index (χ2v) is 9.34. The SMILES string of the molecule is CCS(=O)(=O)N1CCc2c(cccc2NCC(=O)Nc2ccc(OC)c(Cl)c2)C1. The highest BCUT2D eigenvalue weighted by atomic mass is 35.5. The largest absolute Gasteiger partial charge is 0.495 e. The minimum atomic E-state index is -3.22. The molecule has 0 atom stereocenters. The average molecular weight is 438 g/mol. The summed E-state index contributed by atoms with van der Waals surface area (Å²) in [6, 6.07) is 10.7. The summed E-state index contributed by atoms with van der Waals surface area (Å²) >= 11 is 6.08. The Hall–Kier alpha value is -2.29. The Morgan fingerprint density at radius 3 is 2.76 bits per heavy atom. The van der Waals surface area contributed by atoms with Gasteiger partial charge in [-0.3, -0.25) is 4.79 Å². The second-order valence-electron chi connectivity index (χ2n) is 6.68. The number of fused-ring (bicyclic) bond motifs is 1. The molecule has 0 saturated carbocycles. The van der Waals surface area contributed by atoms with E-state index in [0.717, 1.165) is 16.8 Å². The third-order valence-electron chi connectivity index (χ3n) is 4.86. The number of nitrogens with one attached hydrogen (secondary N) is 2. The Morgan fingerprint density at radius 1 is 1.28 bits per heavy atom. The van der Waals surface area contributed by atoms with Crippen LogP contribution in [-0.4, -0.2) is 44.6 Å². The van der Waals surface area contributed by atoms with Gasteiger partial charge in [0.05, 0.1) is 24.4 Å². The van der Waals surface area contributed by atoms with Crippen LogP contribution in [0.5, 0.6) is 5.75 Å². The van der Waals surface area contributed by atoms with Crippen LogP contribution in [0.1, 0.15) is 18.1 Å².